The van der Waals surface area contributed by atoms with E-state index in [-0.39, 0.29) is 12.3 Å². The van der Waals surface area contributed by atoms with E-state index >= 15 is 0 Å². The molecular weight excluding hydrogens is 418 g/mol. The molecule has 0 aromatic heterocycles. The van der Waals surface area contributed by atoms with Gasteiger partial charge in [-0.05, 0) is 61.2 Å². The minimum absolute atomic E-state index is 0.00865. The van der Waals surface area contributed by atoms with E-state index in [9.17, 15) is 22.4 Å². The first kappa shape index (κ1) is 21.6. The maximum atomic E-state index is 13.9. The fourth-order valence-corrected chi connectivity index (χ4v) is 3.83. The molecule has 2 saturated heterocycles. The number of carbonyl (C=O) groups excluding carboxylic acids is 1. The van der Waals surface area contributed by atoms with Crippen molar-refractivity contribution in [3.63, 3.8) is 0 Å². The number of amides is 1. The second-order valence-electron chi connectivity index (χ2n) is 7.47. The van der Waals surface area contributed by atoms with Gasteiger partial charge in [-0.1, -0.05) is 12.1 Å². The molecule has 2 heterocycles. The van der Waals surface area contributed by atoms with Gasteiger partial charge in [0.2, 0.25) is 0 Å². The molecule has 1 amide bonds. The van der Waals surface area contributed by atoms with Gasteiger partial charge < -0.3 is 14.2 Å². The van der Waals surface area contributed by atoms with Crippen molar-refractivity contribution >= 4 is 11.8 Å². The summed E-state index contributed by atoms with van der Waals surface area (Å²) in [5.74, 6) is -0.500. The van der Waals surface area contributed by atoms with Gasteiger partial charge in [0.1, 0.15) is 11.9 Å². The predicted octanol–water partition coefficient (Wildman–Crippen LogP) is 5.45. The van der Waals surface area contributed by atoms with Gasteiger partial charge in [-0.2, -0.15) is 13.2 Å². The van der Waals surface area contributed by atoms with Crippen LogP contribution in [0.2, 0.25) is 0 Å². The Morgan fingerprint density at radius 3 is 2.52 bits per heavy atom. The maximum Gasteiger partial charge on any atom is 0.416 e. The van der Waals surface area contributed by atoms with Gasteiger partial charge >= 0.3 is 12.3 Å². The van der Waals surface area contributed by atoms with Crippen LogP contribution in [0, 0.1) is 5.82 Å². The summed E-state index contributed by atoms with van der Waals surface area (Å²) < 4.78 is 69.5. The summed E-state index contributed by atoms with van der Waals surface area (Å²) in [5.41, 5.74) is -0.173. The number of nitrogens with zero attached hydrogens (tertiary/aromatic N) is 1. The third-order valence-electron chi connectivity index (χ3n) is 5.33. The van der Waals surface area contributed by atoms with Crippen LogP contribution in [0.3, 0.4) is 0 Å². The van der Waals surface area contributed by atoms with Crippen molar-refractivity contribution in [2.75, 3.05) is 18.1 Å². The number of carbonyl (C=O) groups is 1. The van der Waals surface area contributed by atoms with Crippen molar-refractivity contribution in [3.8, 4) is 0 Å². The molecule has 5 nitrogen and oxygen atoms in total. The maximum absolute atomic E-state index is 13.9. The summed E-state index contributed by atoms with van der Waals surface area (Å²) in [6.07, 6.45) is -3.82. The van der Waals surface area contributed by atoms with Crippen LogP contribution < -0.4 is 4.90 Å². The van der Waals surface area contributed by atoms with Gasteiger partial charge in [-0.3, -0.25) is 4.90 Å². The first-order valence-electron chi connectivity index (χ1n) is 9.99. The van der Waals surface area contributed by atoms with E-state index in [1.165, 1.54) is 35.2 Å². The second-order valence-corrected chi connectivity index (χ2v) is 7.47. The van der Waals surface area contributed by atoms with Crippen molar-refractivity contribution in [2.24, 2.45) is 0 Å². The predicted molar refractivity (Wildman–Crippen MR) is 103 cm³/mol. The molecule has 2 aromatic carbocycles. The number of benzene rings is 2. The van der Waals surface area contributed by atoms with Gasteiger partial charge in [0.15, 0.2) is 12.4 Å². The van der Waals surface area contributed by atoms with Crippen LogP contribution in [0.25, 0.3) is 0 Å². The van der Waals surface area contributed by atoms with E-state index in [1.807, 2.05) is 0 Å². The standard InChI is InChI=1S/C22H21F4NO4/c23-16-5-3-4-14(12-16)20-18(13-30-19-6-1-2-11-29-19)31-21(28)27(20)17-9-7-15(8-10-17)22(24,25)26/h3-5,7-10,12,18-20H,1-2,6,11,13H2/t18-,19?,20-/m0/s1. The molecule has 31 heavy (non-hydrogen) atoms. The molecule has 2 fully saturated rings. The summed E-state index contributed by atoms with van der Waals surface area (Å²) >= 11 is 0. The zero-order chi connectivity index (χ0) is 22.0. The number of cyclic esters (lactones) is 1. The topological polar surface area (TPSA) is 48.0 Å². The zero-order valence-corrected chi connectivity index (χ0v) is 16.5. The Morgan fingerprint density at radius 1 is 1.10 bits per heavy atom. The molecule has 4 rings (SSSR count). The van der Waals surface area contributed by atoms with Crippen LogP contribution in [-0.4, -0.2) is 31.7 Å². The number of hydrogen-bond acceptors (Lipinski definition) is 4. The Hall–Kier alpha value is -2.65. The van der Waals surface area contributed by atoms with E-state index in [0.717, 1.165) is 25.0 Å². The molecule has 2 aliphatic rings. The second kappa shape index (κ2) is 8.84. The molecule has 1 unspecified atom stereocenters. The molecule has 166 valence electrons. The van der Waals surface area contributed by atoms with Gasteiger partial charge in [-0.15, -0.1) is 0 Å². The third-order valence-corrected chi connectivity index (χ3v) is 5.33. The molecule has 0 spiro atoms. The van der Waals surface area contributed by atoms with Crippen molar-refractivity contribution in [3.05, 3.63) is 65.5 Å². The van der Waals surface area contributed by atoms with Crippen molar-refractivity contribution < 1.29 is 36.6 Å². The lowest BCUT2D eigenvalue weighted by molar-refractivity contribution is -0.174. The smallest absolute Gasteiger partial charge is 0.416 e. The Kier molecular flexibility index (Phi) is 6.15. The molecule has 0 saturated carbocycles. The molecule has 9 heteroatoms. The van der Waals surface area contributed by atoms with Gasteiger partial charge in [0.25, 0.3) is 0 Å². The monoisotopic (exact) mass is 439 g/mol. The van der Waals surface area contributed by atoms with Crippen LogP contribution in [0.1, 0.15) is 36.4 Å². The Labute approximate surface area is 176 Å². The van der Waals surface area contributed by atoms with Crippen LogP contribution >= 0.6 is 0 Å². The Balaban J connectivity index is 1.61. The summed E-state index contributed by atoms with van der Waals surface area (Å²) in [6, 6.07) is 9.09. The number of halogens is 4. The van der Waals surface area contributed by atoms with Crippen LogP contribution in [0.5, 0.6) is 0 Å². The highest BCUT2D eigenvalue weighted by Gasteiger charge is 2.44. The Morgan fingerprint density at radius 2 is 1.87 bits per heavy atom. The number of alkyl halides is 3. The molecule has 0 bridgehead atoms. The highest BCUT2D eigenvalue weighted by Crippen LogP contribution is 2.39. The van der Waals surface area contributed by atoms with E-state index in [1.54, 1.807) is 6.07 Å². The van der Waals surface area contributed by atoms with Crippen LogP contribution in [0.15, 0.2) is 48.5 Å². The number of rotatable bonds is 5. The van der Waals surface area contributed by atoms with E-state index in [2.05, 4.69) is 0 Å². The normalized spacial score (nSPS) is 24.3. The zero-order valence-electron chi connectivity index (χ0n) is 16.5. The Bertz CT molecular complexity index is 912. The molecule has 0 N–H and O–H groups in total. The first-order chi connectivity index (χ1) is 14.8. The van der Waals surface area contributed by atoms with Gasteiger partial charge in [0.05, 0.1) is 12.2 Å². The van der Waals surface area contributed by atoms with Gasteiger partial charge in [-0.25, -0.2) is 9.18 Å². The van der Waals surface area contributed by atoms with E-state index in [0.29, 0.717) is 18.6 Å². The SMILES string of the molecule is O=C1O[C@@H](COC2CCCCO2)[C@H](c2cccc(F)c2)N1c1ccc(C(F)(F)F)cc1. The summed E-state index contributed by atoms with van der Waals surface area (Å²) in [7, 11) is 0. The van der Waals surface area contributed by atoms with E-state index in [4.69, 9.17) is 14.2 Å². The summed E-state index contributed by atoms with van der Waals surface area (Å²) in [6.45, 7) is 0.592. The molecule has 0 radical (unpaired) electrons. The van der Waals surface area contributed by atoms with Crippen LogP contribution in [-0.2, 0) is 20.4 Å². The van der Waals surface area contributed by atoms with Crippen molar-refractivity contribution in [1.82, 2.24) is 0 Å². The molecule has 3 atom stereocenters. The van der Waals surface area contributed by atoms with Crippen LogP contribution in [0.4, 0.5) is 28.0 Å². The average Bonchev–Trinajstić information content (AvgIpc) is 3.08. The minimum atomic E-state index is -4.50. The highest BCUT2D eigenvalue weighted by atomic mass is 19.4. The first-order valence-corrected chi connectivity index (χ1v) is 9.99. The lowest BCUT2D eigenvalue weighted by Gasteiger charge is -2.27. The molecular formula is C22H21F4NO4. The fraction of sp³-hybridized carbons (Fsp3) is 0.409. The van der Waals surface area contributed by atoms with Crippen molar-refractivity contribution in [2.45, 2.75) is 43.9 Å². The molecule has 2 aromatic rings. The van der Waals surface area contributed by atoms with Gasteiger partial charge in [0, 0.05) is 12.3 Å². The minimum Gasteiger partial charge on any atom is -0.441 e. The summed E-state index contributed by atoms with van der Waals surface area (Å²) in [4.78, 5) is 13.9. The van der Waals surface area contributed by atoms with Crippen molar-refractivity contribution in [1.29, 1.82) is 0 Å². The lowest BCUT2D eigenvalue weighted by atomic mass is 10.00. The van der Waals surface area contributed by atoms with E-state index < -0.39 is 42.1 Å². The molecule has 2 aliphatic heterocycles. The largest absolute Gasteiger partial charge is 0.441 e. The quantitative estimate of drug-likeness (QED) is 0.581. The molecule has 0 aliphatic carbocycles. The lowest BCUT2D eigenvalue weighted by Crippen LogP contribution is -2.33. The number of hydrogen-bond donors (Lipinski definition) is 0. The fourth-order valence-electron chi connectivity index (χ4n) is 3.83. The average molecular weight is 439 g/mol. The summed E-state index contributed by atoms with van der Waals surface area (Å²) in [5, 5.41) is 0. The highest BCUT2D eigenvalue weighted by molar-refractivity contribution is 5.91. The number of ether oxygens (including phenoxy) is 3. The number of anilines is 1. The third kappa shape index (κ3) is 4.83.